The summed E-state index contributed by atoms with van der Waals surface area (Å²) in [6.45, 7) is 2.21. The van der Waals surface area contributed by atoms with Gasteiger partial charge in [-0.2, -0.15) is 0 Å². The molecule has 0 amide bonds. The Hall–Kier alpha value is -3.68. The van der Waals surface area contributed by atoms with E-state index >= 15 is 0 Å². The quantitative estimate of drug-likeness (QED) is 0.411. The highest BCUT2D eigenvalue weighted by Crippen LogP contribution is 2.15. The first-order valence-corrected chi connectivity index (χ1v) is 8.19. The molecule has 0 aliphatic rings. The Morgan fingerprint density at radius 1 is 1.19 bits per heavy atom. The van der Waals surface area contributed by atoms with Crippen LogP contribution in [0.1, 0.15) is 16.8 Å². The standard InChI is InChI=1S/C19H18N4O4/c1-13-18(12-20-11-14-3-9-17(27-2)10-4-14)19(24)22(21-13)15-5-7-16(8-6-15)23(25)26/h3-10,12,21H,11H2,1-2H3. The number of rotatable bonds is 6. The largest absolute Gasteiger partial charge is 0.497 e. The summed E-state index contributed by atoms with van der Waals surface area (Å²) in [7, 11) is 1.61. The molecule has 3 rings (SSSR count). The van der Waals surface area contributed by atoms with E-state index in [2.05, 4.69) is 10.1 Å². The molecule has 1 N–H and O–H groups in total. The lowest BCUT2D eigenvalue weighted by atomic mass is 10.2. The molecule has 8 heteroatoms. The second-order valence-corrected chi connectivity index (χ2v) is 5.88. The fourth-order valence-corrected chi connectivity index (χ4v) is 2.59. The van der Waals surface area contributed by atoms with E-state index in [1.165, 1.54) is 28.9 Å². The van der Waals surface area contributed by atoms with E-state index in [0.29, 0.717) is 23.5 Å². The van der Waals surface area contributed by atoms with E-state index in [0.717, 1.165) is 11.3 Å². The number of aryl methyl sites for hydroxylation is 1. The first kappa shape index (κ1) is 18.1. The van der Waals surface area contributed by atoms with Gasteiger partial charge >= 0.3 is 0 Å². The zero-order valence-corrected chi connectivity index (χ0v) is 14.9. The van der Waals surface area contributed by atoms with Crippen molar-refractivity contribution < 1.29 is 9.66 Å². The number of methoxy groups -OCH3 is 1. The van der Waals surface area contributed by atoms with E-state index in [1.54, 1.807) is 20.2 Å². The van der Waals surface area contributed by atoms with Gasteiger partial charge < -0.3 is 4.74 Å². The second kappa shape index (κ2) is 7.69. The molecule has 1 aromatic heterocycles. The number of H-pyrrole nitrogens is 1. The zero-order chi connectivity index (χ0) is 19.4. The number of nitrogens with zero attached hydrogens (tertiary/aromatic N) is 3. The van der Waals surface area contributed by atoms with E-state index in [1.807, 2.05) is 24.3 Å². The Bertz CT molecular complexity index is 1030. The van der Waals surface area contributed by atoms with E-state index in [4.69, 9.17) is 4.74 Å². The van der Waals surface area contributed by atoms with Gasteiger partial charge in [-0.15, -0.1) is 0 Å². The summed E-state index contributed by atoms with van der Waals surface area (Å²) in [5.41, 5.74) is 2.33. The van der Waals surface area contributed by atoms with Gasteiger partial charge in [0.1, 0.15) is 5.75 Å². The lowest BCUT2D eigenvalue weighted by Crippen LogP contribution is -2.17. The van der Waals surface area contributed by atoms with Gasteiger partial charge in [0.25, 0.3) is 11.2 Å². The molecule has 0 aliphatic heterocycles. The Balaban J connectivity index is 1.80. The van der Waals surface area contributed by atoms with Crippen LogP contribution in [0.2, 0.25) is 0 Å². The van der Waals surface area contributed by atoms with Gasteiger partial charge in [-0.1, -0.05) is 12.1 Å². The highest BCUT2D eigenvalue weighted by molar-refractivity contribution is 5.80. The van der Waals surface area contributed by atoms with Gasteiger partial charge in [0.05, 0.1) is 29.8 Å². The minimum Gasteiger partial charge on any atom is -0.497 e. The van der Waals surface area contributed by atoms with Crippen LogP contribution in [0, 0.1) is 17.0 Å². The fourth-order valence-electron chi connectivity index (χ4n) is 2.59. The van der Waals surface area contributed by atoms with Crippen LogP contribution in [0.4, 0.5) is 5.69 Å². The van der Waals surface area contributed by atoms with Crippen molar-refractivity contribution in [1.29, 1.82) is 0 Å². The number of ether oxygens (including phenoxy) is 1. The Morgan fingerprint density at radius 2 is 1.85 bits per heavy atom. The van der Waals surface area contributed by atoms with Gasteiger partial charge in [0.2, 0.25) is 0 Å². The molecule has 138 valence electrons. The molecular weight excluding hydrogens is 348 g/mol. The van der Waals surface area contributed by atoms with Crippen molar-refractivity contribution in [2.75, 3.05) is 7.11 Å². The van der Waals surface area contributed by atoms with Gasteiger partial charge in [-0.3, -0.25) is 25.0 Å². The number of nitro groups is 1. The van der Waals surface area contributed by atoms with Gasteiger partial charge in [-0.05, 0) is 36.8 Å². The average Bonchev–Trinajstić information content (AvgIpc) is 2.97. The molecule has 0 unspecified atom stereocenters. The SMILES string of the molecule is COc1ccc(CN=Cc2c(C)[nH]n(-c3ccc([N+](=O)[O-])cc3)c2=O)cc1. The summed E-state index contributed by atoms with van der Waals surface area (Å²) >= 11 is 0. The fraction of sp³-hybridized carbons (Fsp3) is 0.158. The van der Waals surface area contributed by atoms with E-state index in [9.17, 15) is 14.9 Å². The van der Waals surface area contributed by atoms with Crippen LogP contribution in [-0.2, 0) is 6.54 Å². The van der Waals surface area contributed by atoms with Crippen molar-refractivity contribution in [1.82, 2.24) is 9.78 Å². The molecule has 0 spiro atoms. The molecule has 0 bridgehead atoms. The van der Waals surface area contributed by atoms with Crippen molar-refractivity contribution in [3.63, 3.8) is 0 Å². The van der Waals surface area contributed by atoms with Crippen molar-refractivity contribution in [3.05, 3.63) is 85.8 Å². The molecule has 0 fully saturated rings. The molecule has 0 radical (unpaired) electrons. The molecule has 8 nitrogen and oxygen atoms in total. The summed E-state index contributed by atoms with van der Waals surface area (Å²) < 4.78 is 6.46. The minimum absolute atomic E-state index is 0.0312. The normalized spacial score (nSPS) is 11.0. The first-order chi connectivity index (χ1) is 13.0. The summed E-state index contributed by atoms with van der Waals surface area (Å²) in [4.78, 5) is 27.2. The third-order valence-electron chi connectivity index (χ3n) is 4.09. The third kappa shape index (κ3) is 3.95. The van der Waals surface area contributed by atoms with Crippen molar-refractivity contribution >= 4 is 11.9 Å². The lowest BCUT2D eigenvalue weighted by molar-refractivity contribution is -0.384. The number of aromatic amines is 1. The van der Waals surface area contributed by atoms with Crippen LogP contribution < -0.4 is 10.3 Å². The first-order valence-electron chi connectivity index (χ1n) is 8.19. The van der Waals surface area contributed by atoms with Crippen LogP contribution in [0.3, 0.4) is 0 Å². The number of aliphatic imine (C=N–C) groups is 1. The molecule has 3 aromatic rings. The summed E-state index contributed by atoms with van der Waals surface area (Å²) in [5, 5.41) is 13.7. The summed E-state index contributed by atoms with van der Waals surface area (Å²) in [6.07, 6.45) is 1.54. The Morgan fingerprint density at radius 3 is 2.44 bits per heavy atom. The molecule has 1 heterocycles. The second-order valence-electron chi connectivity index (χ2n) is 5.88. The van der Waals surface area contributed by atoms with Crippen LogP contribution in [0.25, 0.3) is 5.69 Å². The van der Waals surface area contributed by atoms with Crippen molar-refractivity contribution in [2.24, 2.45) is 4.99 Å². The molecule has 0 atom stereocenters. The number of nitrogens with one attached hydrogen (secondary N) is 1. The molecular formula is C19H18N4O4. The number of hydrogen-bond acceptors (Lipinski definition) is 5. The molecule has 0 saturated carbocycles. The Labute approximate surface area is 154 Å². The van der Waals surface area contributed by atoms with E-state index in [-0.39, 0.29) is 11.2 Å². The molecule has 2 aromatic carbocycles. The topological polar surface area (TPSA) is 103 Å². The smallest absolute Gasteiger partial charge is 0.280 e. The van der Waals surface area contributed by atoms with Crippen LogP contribution in [-0.4, -0.2) is 28.0 Å². The average molecular weight is 366 g/mol. The van der Waals surface area contributed by atoms with Gasteiger partial charge in [0, 0.05) is 24.0 Å². The summed E-state index contributed by atoms with van der Waals surface area (Å²) in [5.74, 6) is 0.773. The molecule has 27 heavy (non-hydrogen) atoms. The number of benzene rings is 2. The lowest BCUT2D eigenvalue weighted by Gasteiger charge is -2.00. The highest BCUT2D eigenvalue weighted by Gasteiger charge is 2.12. The molecule has 0 aliphatic carbocycles. The van der Waals surface area contributed by atoms with Crippen LogP contribution >= 0.6 is 0 Å². The van der Waals surface area contributed by atoms with Crippen molar-refractivity contribution in [2.45, 2.75) is 13.5 Å². The van der Waals surface area contributed by atoms with Crippen LogP contribution in [0.15, 0.2) is 58.3 Å². The number of non-ortho nitro benzene ring substituents is 1. The van der Waals surface area contributed by atoms with Crippen LogP contribution in [0.5, 0.6) is 5.75 Å². The Kier molecular flexibility index (Phi) is 5.16. The zero-order valence-electron chi connectivity index (χ0n) is 14.9. The third-order valence-corrected chi connectivity index (χ3v) is 4.09. The minimum atomic E-state index is -0.482. The molecule has 0 saturated heterocycles. The predicted octanol–water partition coefficient (Wildman–Crippen LogP) is 3.01. The maximum atomic E-state index is 12.6. The monoisotopic (exact) mass is 366 g/mol. The van der Waals surface area contributed by atoms with E-state index < -0.39 is 4.92 Å². The highest BCUT2D eigenvalue weighted by atomic mass is 16.6. The maximum Gasteiger partial charge on any atom is 0.280 e. The van der Waals surface area contributed by atoms with Crippen molar-refractivity contribution in [3.8, 4) is 11.4 Å². The number of hydrogen-bond donors (Lipinski definition) is 1. The van der Waals surface area contributed by atoms with Gasteiger partial charge in [0.15, 0.2) is 0 Å². The number of aromatic nitrogens is 2. The van der Waals surface area contributed by atoms with Gasteiger partial charge in [-0.25, -0.2) is 4.68 Å². The maximum absolute atomic E-state index is 12.6. The predicted molar refractivity (Wildman–Crippen MR) is 102 cm³/mol. The summed E-state index contributed by atoms with van der Waals surface area (Å²) in [6, 6.07) is 13.3. The number of nitro benzene ring substituents is 1.